The first-order valence-electron chi connectivity index (χ1n) is 10.1. The summed E-state index contributed by atoms with van der Waals surface area (Å²) in [5, 5.41) is 0.626. The lowest BCUT2D eigenvalue weighted by molar-refractivity contribution is 0.0731. The molecule has 1 N–H and O–H groups in total. The van der Waals surface area contributed by atoms with E-state index in [1.165, 1.54) is 30.0 Å². The van der Waals surface area contributed by atoms with Crippen molar-refractivity contribution in [3.8, 4) is 0 Å². The lowest BCUT2D eigenvalue weighted by atomic mass is 9.90. The van der Waals surface area contributed by atoms with E-state index in [0.717, 1.165) is 6.42 Å². The van der Waals surface area contributed by atoms with Gasteiger partial charge in [-0.15, -0.1) is 0 Å². The standard InChI is InChI=1S/C21H23ClN4O3S2/c1-4-15-12(2)11-26(13(15)3)21(27)16-6-5-14(22)9-18(16)25-31(28,29)20-17-10-24-30-19(17)7-8-23-20/h5-10,12-13,15,25H,4,11H2,1-3H3. The van der Waals surface area contributed by atoms with Gasteiger partial charge in [-0.3, -0.25) is 9.52 Å². The Morgan fingerprint density at radius 2 is 2.10 bits per heavy atom. The summed E-state index contributed by atoms with van der Waals surface area (Å²) in [4.78, 5) is 19.3. The lowest BCUT2D eigenvalue weighted by Crippen LogP contribution is -2.36. The third-order valence-electron chi connectivity index (χ3n) is 6.02. The van der Waals surface area contributed by atoms with E-state index in [9.17, 15) is 13.2 Å². The van der Waals surface area contributed by atoms with Crippen molar-refractivity contribution in [2.75, 3.05) is 11.3 Å². The average molecular weight is 479 g/mol. The number of nitrogens with zero attached hydrogens (tertiary/aromatic N) is 3. The number of amides is 1. The molecule has 1 aromatic carbocycles. The monoisotopic (exact) mass is 478 g/mol. The molecule has 10 heteroatoms. The van der Waals surface area contributed by atoms with Crippen molar-refractivity contribution in [1.29, 1.82) is 0 Å². The third kappa shape index (κ3) is 4.02. The zero-order chi connectivity index (χ0) is 22.3. The van der Waals surface area contributed by atoms with Crippen LogP contribution in [0.2, 0.25) is 5.02 Å². The molecule has 1 fully saturated rings. The van der Waals surface area contributed by atoms with Crippen molar-refractivity contribution in [1.82, 2.24) is 14.3 Å². The molecule has 0 saturated carbocycles. The summed E-state index contributed by atoms with van der Waals surface area (Å²) in [5.41, 5.74) is 0.402. The second kappa shape index (κ2) is 8.37. The molecule has 4 rings (SSSR count). The Bertz CT molecular complexity index is 1240. The maximum atomic E-state index is 13.4. The van der Waals surface area contributed by atoms with Gasteiger partial charge >= 0.3 is 0 Å². The van der Waals surface area contributed by atoms with Gasteiger partial charge in [0.25, 0.3) is 15.9 Å². The molecule has 164 valence electrons. The number of halogens is 1. The van der Waals surface area contributed by atoms with Gasteiger partial charge in [-0.2, -0.15) is 12.8 Å². The van der Waals surface area contributed by atoms with E-state index in [1.807, 2.05) is 11.8 Å². The maximum absolute atomic E-state index is 13.4. The van der Waals surface area contributed by atoms with Gasteiger partial charge in [0.15, 0.2) is 5.03 Å². The van der Waals surface area contributed by atoms with Gasteiger partial charge in [-0.25, -0.2) is 4.98 Å². The van der Waals surface area contributed by atoms with Gasteiger partial charge in [-0.05, 0) is 54.6 Å². The van der Waals surface area contributed by atoms with Crippen LogP contribution in [0.15, 0.2) is 41.7 Å². The van der Waals surface area contributed by atoms with Crippen LogP contribution in [-0.2, 0) is 10.0 Å². The van der Waals surface area contributed by atoms with Crippen molar-refractivity contribution in [2.45, 2.75) is 38.3 Å². The Balaban J connectivity index is 1.71. The first-order valence-corrected chi connectivity index (χ1v) is 12.7. The van der Waals surface area contributed by atoms with Crippen LogP contribution in [0.4, 0.5) is 5.69 Å². The molecule has 3 aromatic rings. The Morgan fingerprint density at radius 1 is 1.32 bits per heavy atom. The lowest BCUT2D eigenvalue weighted by Gasteiger charge is -2.25. The van der Waals surface area contributed by atoms with Crippen molar-refractivity contribution in [3.63, 3.8) is 0 Å². The largest absolute Gasteiger partial charge is 0.335 e. The van der Waals surface area contributed by atoms with E-state index >= 15 is 0 Å². The van der Waals surface area contributed by atoms with Gasteiger partial charge in [0.05, 0.1) is 27.5 Å². The number of fused-ring (bicyclic) bond motifs is 1. The summed E-state index contributed by atoms with van der Waals surface area (Å²) < 4.78 is 33.6. The van der Waals surface area contributed by atoms with Gasteiger partial charge in [0.2, 0.25) is 0 Å². The topological polar surface area (TPSA) is 92.3 Å². The SMILES string of the molecule is CCC1C(C)CN(C(=O)c2ccc(Cl)cc2NS(=O)(=O)c2nccc3sncc23)C1C. The molecule has 3 atom stereocenters. The van der Waals surface area contributed by atoms with E-state index < -0.39 is 10.0 Å². The van der Waals surface area contributed by atoms with Crippen molar-refractivity contribution >= 4 is 54.8 Å². The van der Waals surface area contributed by atoms with Crippen LogP contribution in [0.1, 0.15) is 37.6 Å². The van der Waals surface area contributed by atoms with E-state index in [1.54, 1.807) is 18.2 Å². The smallest absolute Gasteiger partial charge is 0.280 e. The van der Waals surface area contributed by atoms with Crippen LogP contribution in [0.3, 0.4) is 0 Å². The van der Waals surface area contributed by atoms with Crippen molar-refractivity contribution < 1.29 is 13.2 Å². The third-order valence-corrected chi connectivity index (χ3v) is 8.34. The minimum atomic E-state index is -4.07. The zero-order valence-electron chi connectivity index (χ0n) is 17.4. The van der Waals surface area contributed by atoms with Crippen LogP contribution in [0, 0.1) is 11.8 Å². The highest BCUT2D eigenvalue weighted by Crippen LogP contribution is 2.35. The molecule has 1 aliphatic rings. The second-order valence-electron chi connectivity index (χ2n) is 7.90. The van der Waals surface area contributed by atoms with E-state index in [0.29, 0.717) is 33.5 Å². The molecule has 2 aromatic heterocycles. The number of sulfonamides is 1. The maximum Gasteiger partial charge on any atom is 0.280 e. The van der Waals surface area contributed by atoms with Crippen LogP contribution in [0.5, 0.6) is 0 Å². The summed E-state index contributed by atoms with van der Waals surface area (Å²) in [5.74, 6) is 0.571. The molecule has 0 bridgehead atoms. The second-order valence-corrected chi connectivity index (χ2v) is 10.8. The van der Waals surface area contributed by atoms with Gasteiger partial charge < -0.3 is 4.90 Å². The summed E-state index contributed by atoms with van der Waals surface area (Å²) in [6.45, 7) is 6.95. The number of carbonyl (C=O) groups excluding carboxylic acids is 1. The molecule has 0 radical (unpaired) electrons. The predicted octanol–water partition coefficient (Wildman–Crippen LogP) is 4.65. The van der Waals surface area contributed by atoms with E-state index in [4.69, 9.17) is 11.6 Å². The van der Waals surface area contributed by atoms with E-state index in [2.05, 4.69) is 27.9 Å². The van der Waals surface area contributed by atoms with Crippen molar-refractivity contribution in [2.24, 2.45) is 11.8 Å². The Kier molecular flexibility index (Phi) is 5.93. The Hall–Kier alpha value is -2.23. The Morgan fingerprint density at radius 3 is 2.81 bits per heavy atom. The highest BCUT2D eigenvalue weighted by atomic mass is 35.5. The molecule has 3 heterocycles. The van der Waals surface area contributed by atoms with Crippen LogP contribution in [-0.4, -0.2) is 41.2 Å². The number of benzene rings is 1. The first-order chi connectivity index (χ1) is 14.7. The van der Waals surface area contributed by atoms with Crippen LogP contribution in [0.25, 0.3) is 10.1 Å². The predicted molar refractivity (Wildman–Crippen MR) is 123 cm³/mol. The molecular weight excluding hydrogens is 456 g/mol. The molecular formula is C21H23ClN4O3S2. The fraction of sp³-hybridized carbons (Fsp3) is 0.381. The van der Waals surface area contributed by atoms with Crippen LogP contribution < -0.4 is 4.72 Å². The molecule has 0 spiro atoms. The normalized spacial score (nSPS) is 21.5. The number of likely N-dealkylation sites (tertiary alicyclic amines) is 1. The number of carbonyl (C=O) groups is 1. The number of pyridine rings is 1. The molecule has 0 aliphatic carbocycles. The fourth-order valence-electron chi connectivity index (χ4n) is 4.45. The van der Waals surface area contributed by atoms with E-state index in [-0.39, 0.29) is 28.2 Å². The Labute approximate surface area is 190 Å². The summed E-state index contributed by atoms with van der Waals surface area (Å²) in [7, 11) is -4.07. The number of hydrogen-bond donors (Lipinski definition) is 1. The molecule has 31 heavy (non-hydrogen) atoms. The minimum absolute atomic E-state index is 0.0694. The summed E-state index contributed by atoms with van der Waals surface area (Å²) >= 11 is 7.34. The average Bonchev–Trinajstić information content (AvgIpc) is 3.31. The van der Waals surface area contributed by atoms with Gasteiger partial charge in [0, 0.05) is 23.8 Å². The quantitative estimate of drug-likeness (QED) is 0.576. The first kappa shape index (κ1) is 22.0. The molecule has 1 amide bonds. The highest BCUT2D eigenvalue weighted by molar-refractivity contribution is 7.92. The molecule has 1 aliphatic heterocycles. The number of nitrogens with one attached hydrogen (secondary N) is 1. The van der Waals surface area contributed by atoms with Crippen LogP contribution >= 0.6 is 23.1 Å². The number of anilines is 1. The molecule has 7 nitrogen and oxygen atoms in total. The van der Waals surface area contributed by atoms with Gasteiger partial charge in [-0.1, -0.05) is 31.9 Å². The van der Waals surface area contributed by atoms with Crippen molar-refractivity contribution in [3.05, 3.63) is 47.2 Å². The fourth-order valence-corrected chi connectivity index (χ4v) is 6.54. The van der Waals surface area contributed by atoms with Gasteiger partial charge in [0.1, 0.15) is 0 Å². The number of rotatable bonds is 5. The summed E-state index contributed by atoms with van der Waals surface area (Å²) in [6, 6.07) is 6.40. The minimum Gasteiger partial charge on any atom is -0.335 e. The molecule has 1 saturated heterocycles. The summed E-state index contributed by atoms with van der Waals surface area (Å²) in [6.07, 6.45) is 3.89. The zero-order valence-corrected chi connectivity index (χ0v) is 19.8. The number of hydrogen-bond acceptors (Lipinski definition) is 6. The number of aromatic nitrogens is 2. The highest BCUT2D eigenvalue weighted by Gasteiger charge is 2.39. The molecule has 3 unspecified atom stereocenters.